The molecule has 0 unspecified atom stereocenters. The minimum atomic E-state index is -0.164. The van der Waals surface area contributed by atoms with E-state index in [9.17, 15) is 9.59 Å². The van der Waals surface area contributed by atoms with Crippen LogP contribution in [0.1, 0.15) is 15.9 Å². The van der Waals surface area contributed by atoms with Gasteiger partial charge in [-0.15, -0.1) is 0 Å². The lowest BCUT2D eigenvalue weighted by molar-refractivity contribution is -0.114. The van der Waals surface area contributed by atoms with E-state index in [-0.39, 0.29) is 18.4 Å². The summed E-state index contributed by atoms with van der Waals surface area (Å²) in [6, 6.07) is 24.4. The summed E-state index contributed by atoms with van der Waals surface area (Å²) in [5.41, 5.74) is 3.27. The molecule has 0 atom stereocenters. The molecule has 6 heteroatoms. The van der Waals surface area contributed by atoms with E-state index in [1.165, 1.54) is 5.56 Å². The summed E-state index contributed by atoms with van der Waals surface area (Å²) in [5, 5.41) is 8.44. The van der Waals surface area contributed by atoms with Crippen molar-refractivity contribution in [3.05, 3.63) is 90.0 Å². The van der Waals surface area contributed by atoms with Crippen molar-refractivity contribution in [2.75, 3.05) is 30.8 Å². The third kappa shape index (κ3) is 6.38. The maximum Gasteiger partial charge on any atom is 0.251 e. The van der Waals surface area contributed by atoms with Gasteiger partial charge in [0.15, 0.2) is 0 Å². The Labute approximate surface area is 176 Å². The van der Waals surface area contributed by atoms with Gasteiger partial charge in [-0.05, 0) is 54.1 Å². The average molecular weight is 403 g/mol. The van der Waals surface area contributed by atoms with Gasteiger partial charge in [-0.2, -0.15) is 0 Å². The van der Waals surface area contributed by atoms with Gasteiger partial charge in [0.05, 0.1) is 13.2 Å². The second-order valence-electron chi connectivity index (χ2n) is 6.67. The molecule has 0 heterocycles. The summed E-state index contributed by atoms with van der Waals surface area (Å²) < 4.78 is 5.76. The highest BCUT2D eigenvalue weighted by molar-refractivity contribution is 5.95. The van der Waals surface area contributed by atoms with Crippen molar-refractivity contribution in [3.8, 4) is 5.75 Å². The fraction of sp³-hybridized carbons (Fsp3) is 0.167. The first-order valence-corrected chi connectivity index (χ1v) is 9.77. The number of carbonyl (C=O) groups excluding carboxylic acids is 2. The minimum Gasteiger partial charge on any atom is -0.493 e. The van der Waals surface area contributed by atoms with Crippen molar-refractivity contribution in [3.63, 3.8) is 0 Å². The second-order valence-corrected chi connectivity index (χ2v) is 6.67. The van der Waals surface area contributed by atoms with Crippen molar-refractivity contribution in [2.24, 2.45) is 0 Å². The Kier molecular flexibility index (Phi) is 7.44. The van der Waals surface area contributed by atoms with E-state index in [2.05, 4.69) is 28.1 Å². The van der Waals surface area contributed by atoms with Crippen LogP contribution in [0.3, 0.4) is 0 Å². The summed E-state index contributed by atoms with van der Waals surface area (Å²) in [4.78, 5) is 23.7. The molecule has 3 aromatic carbocycles. The van der Waals surface area contributed by atoms with E-state index in [0.29, 0.717) is 17.9 Å². The molecule has 6 nitrogen and oxygen atoms in total. The summed E-state index contributed by atoms with van der Waals surface area (Å²) in [5.74, 6) is 0.452. The van der Waals surface area contributed by atoms with Crippen LogP contribution in [0.15, 0.2) is 78.9 Å². The first-order chi connectivity index (χ1) is 14.6. The predicted octanol–water partition coefficient (Wildman–Crippen LogP) is 3.72. The summed E-state index contributed by atoms with van der Waals surface area (Å²) in [7, 11) is 1.59. The highest BCUT2D eigenvalue weighted by atomic mass is 16.5. The Morgan fingerprint density at radius 2 is 1.50 bits per heavy atom. The van der Waals surface area contributed by atoms with Crippen molar-refractivity contribution in [1.82, 2.24) is 5.32 Å². The molecule has 0 spiro atoms. The smallest absolute Gasteiger partial charge is 0.251 e. The maximum absolute atomic E-state index is 12.2. The number of anilines is 2. The first-order valence-electron chi connectivity index (χ1n) is 9.77. The number of amides is 2. The molecule has 0 aliphatic carbocycles. The number of rotatable bonds is 9. The molecular formula is C24H25N3O3. The zero-order valence-corrected chi connectivity index (χ0v) is 16.9. The van der Waals surface area contributed by atoms with Crippen LogP contribution in [-0.4, -0.2) is 32.0 Å². The van der Waals surface area contributed by atoms with Gasteiger partial charge in [-0.3, -0.25) is 9.59 Å². The predicted molar refractivity (Wildman–Crippen MR) is 119 cm³/mol. The van der Waals surface area contributed by atoms with Crippen LogP contribution < -0.4 is 20.7 Å². The van der Waals surface area contributed by atoms with Crippen molar-refractivity contribution in [1.29, 1.82) is 0 Å². The minimum absolute atomic E-state index is 0.120. The van der Waals surface area contributed by atoms with Crippen molar-refractivity contribution < 1.29 is 14.3 Å². The van der Waals surface area contributed by atoms with E-state index < -0.39 is 0 Å². The van der Waals surface area contributed by atoms with Crippen LogP contribution in [-0.2, 0) is 11.2 Å². The SMILES string of the molecule is CNC(=O)c1ccc(NCC(=O)Nc2ccc(OCCc3ccccc3)cc2)cc1. The van der Waals surface area contributed by atoms with E-state index in [1.54, 1.807) is 31.3 Å². The van der Waals surface area contributed by atoms with Crippen LogP contribution in [0.5, 0.6) is 5.75 Å². The van der Waals surface area contributed by atoms with Crippen molar-refractivity contribution in [2.45, 2.75) is 6.42 Å². The zero-order valence-electron chi connectivity index (χ0n) is 16.9. The zero-order chi connectivity index (χ0) is 21.2. The Morgan fingerprint density at radius 3 is 2.17 bits per heavy atom. The molecule has 0 aromatic heterocycles. The van der Waals surface area contributed by atoms with E-state index in [0.717, 1.165) is 17.9 Å². The van der Waals surface area contributed by atoms with Gasteiger partial charge in [-0.1, -0.05) is 30.3 Å². The Bertz CT molecular complexity index is 955. The van der Waals surface area contributed by atoms with Gasteiger partial charge >= 0.3 is 0 Å². The van der Waals surface area contributed by atoms with Gasteiger partial charge in [0.25, 0.3) is 5.91 Å². The van der Waals surface area contributed by atoms with E-state index in [4.69, 9.17) is 4.74 Å². The molecule has 154 valence electrons. The number of carbonyl (C=O) groups is 2. The third-order valence-corrected chi connectivity index (χ3v) is 4.47. The lowest BCUT2D eigenvalue weighted by Gasteiger charge is -2.10. The Morgan fingerprint density at radius 1 is 0.833 bits per heavy atom. The molecule has 0 bridgehead atoms. The van der Waals surface area contributed by atoms with E-state index in [1.807, 2.05) is 42.5 Å². The van der Waals surface area contributed by atoms with Crippen molar-refractivity contribution >= 4 is 23.2 Å². The molecule has 30 heavy (non-hydrogen) atoms. The number of ether oxygens (including phenoxy) is 1. The second kappa shape index (κ2) is 10.7. The quantitative estimate of drug-likeness (QED) is 0.509. The molecule has 0 fully saturated rings. The van der Waals surface area contributed by atoms with Crippen LogP contribution in [0.2, 0.25) is 0 Å². The lowest BCUT2D eigenvalue weighted by Crippen LogP contribution is -2.22. The monoisotopic (exact) mass is 403 g/mol. The summed E-state index contributed by atoms with van der Waals surface area (Å²) in [6.07, 6.45) is 0.842. The van der Waals surface area contributed by atoms with Crippen LogP contribution in [0.25, 0.3) is 0 Å². The van der Waals surface area contributed by atoms with E-state index >= 15 is 0 Å². The van der Waals surface area contributed by atoms with Crippen LogP contribution >= 0.6 is 0 Å². The van der Waals surface area contributed by atoms with Gasteiger partial charge < -0.3 is 20.7 Å². The molecule has 3 rings (SSSR count). The van der Waals surface area contributed by atoms with Gasteiger partial charge in [0.1, 0.15) is 5.75 Å². The molecular weight excluding hydrogens is 378 g/mol. The molecule has 2 amide bonds. The normalized spacial score (nSPS) is 10.2. The Hall–Kier alpha value is -3.80. The molecule has 0 aliphatic rings. The third-order valence-electron chi connectivity index (χ3n) is 4.47. The molecule has 0 radical (unpaired) electrons. The Balaban J connectivity index is 1.41. The molecule has 0 saturated carbocycles. The molecule has 0 aliphatic heterocycles. The van der Waals surface area contributed by atoms with Gasteiger partial charge in [-0.25, -0.2) is 0 Å². The van der Waals surface area contributed by atoms with Gasteiger partial charge in [0, 0.05) is 30.4 Å². The maximum atomic E-state index is 12.2. The standard InChI is InChI=1S/C24H25N3O3/c1-25-24(29)19-7-9-20(10-8-19)26-17-23(28)27-21-11-13-22(14-12-21)30-16-15-18-5-3-2-4-6-18/h2-14,26H,15-17H2,1H3,(H,25,29)(H,27,28). The highest BCUT2D eigenvalue weighted by Crippen LogP contribution is 2.16. The van der Waals surface area contributed by atoms with Crippen LogP contribution in [0, 0.1) is 0 Å². The number of hydrogen-bond donors (Lipinski definition) is 3. The fourth-order valence-electron chi connectivity index (χ4n) is 2.84. The highest BCUT2D eigenvalue weighted by Gasteiger charge is 2.05. The number of hydrogen-bond acceptors (Lipinski definition) is 4. The van der Waals surface area contributed by atoms with Gasteiger partial charge in [0.2, 0.25) is 5.91 Å². The average Bonchev–Trinajstić information content (AvgIpc) is 2.79. The topological polar surface area (TPSA) is 79.5 Å². The number of benzene rings is 3. The summed E-state index contributed by atoms with van der Waals surface area (Å²) in [6.45, 7) is 0.715. The lowest BCUT2D eigenvalue weighted by atomic mass is 10.2. The largest absolute Gasteiger partial charge is 0.493 e. The van der Waals surface area contributed by atoms with Crippen LogP contribution in [0.4, 0.5) is 11.4 Å². The summed E-state index contributed by atoms with van der Waals surface area (Å²) >= 11 is 0. The number of nitrogens with one attached hydrogen (secondary N) is 3. The fourth-order valence-corrected chi connectivity index (χ4v) is 2.84. The molecule has 0 saturated heterocycles. The first kappa shape index (κ1) is 20.9. The molecule has 3 N–H and O–H groups in total. The molecule has 3 aromatic rings.